The Kier molecular flexibility index (Phi) is 4.58. The third-order valence-electron chi connectivity index (χ3n) is 3.88. The van der Waals surface area contributed by atoms with E-state index in [2.05, 4.69) is 0 Å². The number of carboxylic acid groups (broad SMARTS) is 1. The second kappa shape index (κ2) is 6.57. The Morgan fingerprint density at radius 2 is 1.92 bits per heavy atom. The van der Waals surface area contributed by atoms with Crippen molar-refractivity contribution in [3.05, 3.63) is 52.6 Å². The molecule has 0 spiro atoms. The lowest BCUT2D eigenvalue weighted by Crippen LogP contribution is -2.40. The number of halogens is 4. The summed E-state index contributed by atoms with van der Waals surface area (Å²) in [7, 11) is 1.37. The average molecular weight is 385 g/mol. The molecule has 0 bridgehead atoms. The van der Waals surface area contributed by atoms with Crippen LogP contribution in [0.15, 0.2) is 42.0 Å². The highest BCUT2D eigenvalue weighted by Crippen LogP contribution is 2.44. The number of carbonyl (C=O) groups is 1. The Bertz CT molecular complexity index is 906. The Hall–Kier alpha value is -2.67. The zero-order valence-corrected chi connectivity index (χ0v) is 14.1. The minimum atomic E-state index is -4.86. The van der Waals surface area contributed by atoms with E-state index in [-0.39, 0.29) is 17.1 Å². The summed E-state index contributed by atoms with van der Waals surface area (Å²) in [5.74, 6) is -1.57. The second-order valence-corrected chi connectivity index (χ2v) is 5.92. The molecule has 0 aliphatic carbocycles. The lowest BCUT2D eigenvalue weighted by atomic mass is 9.96. The SMILES string of the molecule is COc1cc2c(cc1-c1ccccc1Cl)C=C(C(=O)O)C(C(F)(F)F)O2. The van der Waals surface area contributed by atoms with Gasteiger partial charge < -0.3 is 14.6 Å². The van der Waals surface area contributed by atoms with E-state index < -0.39 is 23.8 Å². The molecule has 136 valence electrons. The van der Waals surface area contributed by atoms with Crippen LogP contribution in [-0.2, 0) is 4.79 Å². The van der Waals surface area contributed by atoms with Gasteiger partial charge in [0.05, 0.1) is 12.7 Å². The van der Waals surface area contributed by atoms with Crippen molar-refractivity contribution in [3.8, 4) is 22.6 Å². The fraction of sp³-hybridized carbons (Fsp3) is 0.167. The Labute approximate surface area is 151 Å². The van der Waals surface area contributed by atoms with E-state index >= 15 is 0 Å². The number of hydrogen-bond acceptors (Lipinski definition) is 3. The summed E-state index contributed by atoms with van der Waals surface area (Å²) in [6.45, 7) is 0. The standard InChI is InChI=1S/C18H12ClF3O4/c1-25-15-8-14-9(6-11(15)10-4-2-3-5-13(10)19)7-12(17(23)24)16(26-14)18(20,21)22/h2-8,16H,1H3,(H,23,24). The predicted octanol–water partition coefficient (Wildman–Crippen LogP) is 4.81. The lowest BCUT2D eigenvalue weighted by molar-refractivity contribution is -0.187. The van der Waals surface area contributed by atoms with E-state index in [0.29, 0.717) is 16.1 Å². The highest BCUT2D eigenvalue weighted by Gasteiger charge is 2.48. The molecule has 0 aromatic heterocycles. The Morgan fingerprint density at radius 3 is 2.50 bits per heavy atom. The largest absolute Gasteiger partial charge is 0.496 e. The number of fused-ring (bicyclic) bond motifs is 1. The van der Waals surface area contributed by atoms with Gasteiger partial charge in [-0.1, -0.05) is 29.8 Å². The zero-order valence-electron chi connectivity index (χ0n) is 13.3. The van der Waals surface area contributed by atoms with Crippen LogP contribution in [-0.4, -0.2) is 30.5 Å². The molecule has 1 atom stereocenters. The van der Waals surface area contributed by atoms with E-state index in [1.165, 1.54) is 19.2 Å². The smallest absolute Gasteiger partial charge is 0.430 e. The van der Waals surface area contributed by atoms with Gasteiger partial charge in [0.25, 0.3) is 0 Å². The molecule has 0 saturated carbocycles. The molecule has 8 heteroatoms. The molecular formula is C18H12ClF3O4. The van der Waals surface area contributed by atoms with Gasteiger partial charge in [-0.25, -0.2) is 4.79 Å². The number of rotatable bonds is 3. The minimum Gasteiger partial charge on any atom is -0.496 e. The van der Waals surface area contributed by atoms with Gasteiger partial charge in [-0.2, -0.15) is 13.2 Å². The molecule has 1 N–H and O–H groups in total. The molecule has 1 aliphatic heterocycles. The number of alkyl halides is 3. The van der Waals surface area contributed by atoms with Crippen molar-refractivity contribution in [3.63, 3.8) is 0 Å². The van der Waals surface area contributed by atoms with Gasteiger partial charge in [0.2, 0.25) is 6.10 Å². The fourth-order valence-electron chi connectivity index (χ4n) is 2.70. The molecular weight excluding hydrogens is 373 g/mol. The second-order valence-electron chi connectivity index (χ2n) is 5.51. The number of hydrogen-bond donors (Lipinski definition) is 1. The van der Waals surface area contributed by atoms with Crippen LogP contribution in [0.1, 0.15) is 5.56 Å². The van der Waals surface area contributed by atoms with Crippen LogP contribution in [0, 0.1) is 0 Å². The predicted molar refractivity (Wildman–Crippen MR) is 89.5 cm³/mol. The summed E-state index contributed by atoms with van der Waals surface area (Å²) >= 11 is 6.19. The summed E-state index contributed by atoms with van der Waals surface area (Å²) in [5.41, 5.74) is 0.405. The molecule has 0 amide bonds. The van der Waals surface area contributed by atoms with Crippen LogP contribution < -0.4 is 9.47 Å². The lowest BCUT2D eigenvalue weighted by Gasteiger charge is -2.28. The first-order chi connectivity index (χ1) is 12.2. The molecule has 1 aliphatic rings. The van der Waals surface area contributed by atoms with Crippen LogP contribution in [0.25, 0.3) is 17.2 Å². The molecule has 0 saturated heterocycles. The number of aliphatic carboxylic acids is 1. The van der Waals surface area contributed by atoms with Gasteiger partial charge in [-0.3, -0.25) is 0 Å². The summed E-state index contributed by atoms with van der Waals surface area (Å²) < 4.78 is 49.6. The molecule has 2 aromatic rings. The monoisotopic (exact) mass is 384 g/mol. The van der Waals surface area contributed by atoms with Crippen LogP contribution >= 0.6 is 11.6 Å². The van der Waals surface area contributed by atoms with Crippen LogP contribution in [0.3, 0.4) is 0 Å². The average Bonchev–Trinajstić information content (AvgIpc) is 2.59. The maximum absolute atomic E-state index is 13.1. The fourth-order valence-corrected chi connectivity index (χ4v) is 2.94. The summed E-state index contributed by atoms with van der Waals surface area (Å²) in [5, 5.41) is 9.55. The van der Waals surface area contributed by atoms with E-state index in [1.807, 2.05) is 0 Å². The van der Waals surface area contributed by atoms with Crippen LogP contribution in [0.2, 0.25) is 5.02 Å². The zero-order chi connectivity index (χ0) is 19.1. The van der Waals surface area contributed by atoms with Crippen molar-refractivity contribution in [2.24, 2.45) is 0 Å². The number of ether oxygens (including phenoxy) is 2. The van der Waals surface area contributed by atoms with Crippen molar-refractivity contribution in [1.29, 1.82) is 0 Å². The van der Waals surface area contributed by atoms with Crippen molar-refractivity contribution >= 4 is 23.6 Å². The summed E-state index contributed by atoms with van der Waals surface area (Å²) in [6.07, 6.45) is -6.46. The molecule has 0 fully saturated rings. The molecule has 0 radical (unpaired) electrons. The number of methoxy groups -OCH3 is 1. The normalized spacial score (nSPS) is 16.3. The molecule has 3 rings (SSSR count). The molecule has 26 heavy (non-hydrogen) atoms. The van der Waals surface area contributed by atoms with Gasteiger partial charge in [0.1, 0.15) is 11.5 Å². The summed E-state index contributed by atoms with van der Waals surface area (Å²) in [6, 6.07) is 9.64. The van der Waals surface area contributed by atoms with E-state index in [1.54, 1.807) is 24.3 Å². The van der Waals surface area contributed by atoms with Gasteiger partial charge in [0.15, 0.2) is 0 Å². The maximum Gasteiger partial charge on any atom is 0.430 e. The van der Waals surface area contributed by atoms with Crippen molar-refractivity contribution in [1.82, 2.24) is 0 Å². The first kappa shape index (κ1) is 18.1. The maximum atomic E-state index is 13.1. The van der Waals surface area contributed by atoms with Crippen molar-refractivity contribution in [2.45, 2.75) is 12.3 Å². The number of benzene rings is 2. The molecule has 2 aromatic carbocycles. The third kappa shape index (κ3) is 3.22. The number of carboxylic acids is 1. The van der Waals surface area contributed by atoms with E-state index in [9.17, 15) is 18.0 Å². The quantitative estimate of drug-likeness (QED) is 0.825. The molecule has 1 heterocycles. The van der Waals surface area contributed by atoms with Gasteiger partial charge in [-0.05, 0) is 18.2 Å². The van der Waals surface area contributed by atoms with Gasteiger partial charge in [0, 0.05) is 27.8 Å². The molecule has 1 unspecified atom stereocenters. The van der Waals surface area contributed by atoms with Crippen molar-refractivity contribution < 1.29 is 32.5 Å². The summed E-state index contributed by atoms with van der Waals surface area (Å²) in [4.78, 5) is 11.3. The first-order valence-electron chi connectivity index (χ1n) is 7.37. The van der Waals surface area contributed by atoms with Gasteiger partial charge in [-0.15, -0.1) is 0 Å². The van der Waals surface area contributed by atoms with Crippen molar-refractivity contribution in [2.75, 3.05) is 7.11 Å². The highest BCUT2D eigenvalue weighted by atomic mass is 35.5. The van der Waals surface area contributed by atoms with Crippen LogP contribution in [0.5, 0.6) is 11.5 Å². The highest BCUT2D eigenvalue weighted by molar-refractivity contribution is 6.33. The van der Waals surface area contributed by atoms with E-state index in [4.69, 9.17) is 26.2 Å². The first-order valence-corrected chi connectivity index (χ1v) is 7.75. The van der Waals surface area contributed by atoms with E-state index in [0.717, 1.165) is 6.08 Å². The third-order valence-corrected chi connectivity index (χ3v) is 4.21. The molecule has 4 nitrogen and oxygen atoms in total. The van der Waals surface area contributed by atoms with Crippen LogP contribution in [0.4, 0.5) is 13.2 Å². The Morgan fingerprint density at radius 1 is 1.23 bits per heavy atom. The topological polar surface area (TPSA) is 55.8 Å². The van der Waals surface area contributed by atoms with Gasteiger partial charge >= 0.3 is 12.1 Å². The Balaban J connectivity index is 2.20. The minimum absolute atomic E-state index is 0.120.